The fraction of sp³-hybridized carbons (Fsp3) is 0.320. The Morgan fingerprint density at radius 3 is 2.75 bits per heavy atom. The lowest BCUT2D eigenvalue weighted by atomic mass is 10.0. The lowest BCUT2D eigenvalue weighted by molar-refractivity contribution is 0.0787. The van der Waals surface area contributed by atoms with E-state index in [4.69, 9.17) is 23.9 Å². The number of rotatable bonds is 9. The number of nitrogens with one attached hydrogen (secondary N) is 1. The van der Waals surface area contributed by atoms with Crippen LogP contribution in [0.15, 0.2) is 48.5 Å². The van der Waals surface area contributed by atoms with Gasteiger partial charge in [0.05, 0.1) is 18.9 Å². The van der Waals surface area contributed by atoms with Crippen molar-refractivity contribution in [2.45, 2.75) is 26.4 Å². The van der Waals surface area contributed by atoms with E-state index in [-0.39, 0.29) is 18.6 Å². The number of pyridine rings is 1. The van der Waals surface area contributed by atoms with Crippen LogP contribution in [0.2, 0.25) is 0 Å². The van der Waals surface area contributed by atoms with Crippen molar-refractivity contribution in [2.75, 3.05) is 32.4 Å². The number of fused-ring (bicyclic) bond motifs is 1. The van der Waals surface area contributed by atoms with E-state index in [1.165, 1.54) is 0 Å². The van der Waals surface area contributed by atoms with E-state index in [0.717, 1.165) is 17.5 Å². The van der Waals surface area contributed by atoms with Crippen molar-refractivity contribution in [2.24, 2.45) is 0 Å². The standard InChI is InChI=1S/C25H28N2O5/c1-16(2)30-11-5-10-26-24-13-17(19-6-4-7-23-25(19)32-15-31-23)12-21(27-24)20-9-8-18(29-3)14-22(20)28/h4,6-9,12-14,16,28H,5,10-11,15H2,1-3H3,(H,26,27). The van der Waals surface area contributed by atoms with Gasteiger partial charge in [-0.05, 0) is 56.2 Å². The molecule has 0 radical (unpaired) electrons. The molecule has 2 N–H and O–H groups in total. The van der Waals surface area contributed by atoms with Gasteiger partial charge >= 0.3 is 0 Å². The number of para-hydroxylation sites is 1. The molecule has 1 aliphatic rings. The van der Waals surface area contributed by atoms with E-state index in [0.29, 0.717) is 47.5 Å². The van der Waals surface area contributed by atoms with Gasteiger partial charge in [-0.3, -0.25) is 0 Å². The monoisotopic (exact) mass is 436 g/mol. The molecule has 168 valence electrons. The summed E-state index contributed by atoms with van der Waals surface area (Å²) in [5.41, 5.74) is 3.07. The summed E-state index contributed by atoms with van der Waals surface area (Å²) in [7, 11) is 1.57. The molecule has 0 saturated heterocycles. The molecule has 0 fully saturated rings. The molecule has 4 rings (SSSR count). The number of phenols is 1. The third-order valence-electron chi connectivity index (χ3n) is 5.09. The second kappa shape index (κ2) is 9.78. The maximum absolute atomic E-state index is 10.6. The number of anilines is 1. The smallest absolute Gasteiger partial charge is 0.231 e. The summed E-state index contributed by atoms with van der Waals surface area (Å²) >= 11 is 0. The predicted molar refractivity (Wildman–Crippen MR) is 124 cm³/mol. The fourth-order valence-electron chi connectivity index (χ4n) is 3.53. The first kappa shape index (κ1) is 21.8. The van der Waals surface area contributed by atoms with Crippen LogP contribution in [0.1, 0.15) is 20.3 Å². The van der Waals surface area contributed by atoms with Gasteiger partial charge < -0.3 is 29.4 Å². The predicted octanol–water partition coefficient (Wildman–Crippen LogP) is 5.09. The molecule has 0 amide bonds. The molecule has 7 heteroatoms. The second-order valence-electron chi connectivity index (χ2n) is 7.75. The highest BCUT2D eigenvalue weighted by molar-refractivity contribution is 5.81. The number of benzene rings is 2. The number of nitrogens with zero attached hydrogens (tertiary/aromatic N) is 1. The Bertz CT molecular complexity index is 1080. The van der Waals surface area contributed by atoms with Crippen LogP contribution < -0.4 is 19.5 Å². The van der Waals surface area contributed by atoms with Crippen molar-refractivity contribution in [1.29, 1.82) is 0 Å². The molecule has 2 heterocycles. The minimum atomic E-state index is 0.100. The van der Waals surface area contributed by atoms with E-state index in [1.807, 2.05) is 44.2 Å². The Kier molecular flexibility index (Phi) is 6.66. The van der Waals surface area contributed by atoms with Crippen molar-refractivity contribution >= 4 is 5.82 Å². The van der Waals surface area contributed by atoms with Gasteiger partial charge in [0, 0.05) is 30.3 Å². The highest BCUT2D eigenvalue weighted by Gasteiger charge is 2.20. The van der Waals surface area contributed by atoms with Crippen molar-refractivity contribution in [3.8, 4) is 45.4 Å². The first-order valence-corrected chi connectivity index (χ1v) is 10.7. The molecule has 0 atom stereocenters. The number of aromatic nitrogens is 1. The highest BCUT2D eigenvalue weighted by atomic mass is 16.7. The van der Waals surface area contributed by atoms with E-state index in [1.54, 1.807) is 25.3 Å². The molecule has 1 aliphatic heterocycles. The van der Waals surface area contributed by atoms with Gasteiger partial charge in [-0.25, -0.2) is 4.98 Å². The zero-order valence-corrected chi connectivity index (χ0v) is 18.6. The molecule has 0 unspecified atom stereocenters. The molecule has 7 nitrogen and oxygen atoms in total. The molecular formula is C25H28N2O5. The third kappa shape index (κ3) is 4.89. The van der Waals surface area contributed by atoms with Crippen LogP contribution in [0.25, 0.3) is 22.4 Å². The van der Waals surface area contributed by atoms with Crippen LogP contribution in [0.4, 0.5) is 5.82 Å². The number of ether oxygens (including phenoxy) is 4. The summed E-state index contributed by atoms with van der Waals surface area (Å²) in [6.07, 6.45) is 1.06. The van der Waals surface area contributed by atoms with Gasteiger partial charge in [0.1, 0.15) is 17.3 Å². The summed E-state index contributed by atoms with van der Waals surface area (Å²) in [4.78, 5) is 4.75. The number of hydrogen-bond acceptors (Lipinski definition) is 7. The van der Waals surface area contributed by atoms with E-state index < -0.39 is 0 Å². The Balaban J connectivity index is 1.68. The lowest BCUT2D eigenvalue weighted by Crippen LogP contribution is -2.10. The largest absolute Gasteiger partial charge is 0.507 e. The molecule has 0 aliphatic carbocycles. The van der Waals surface area contributed by atoms with Crippen molar-refractivity contribution in [3.05, 3.63) is 48.5 Å². The van der Waals surface area contributed by atoms with Crippen LogP contribution in [0.3, 0.4) is 0 Å². The van der Waals surface area contributed by atoms with Crippen LogP contribution >= 0.6 is 0 Å². The Labute approximate surface area is 187 Å². The fourth-order valence-corrected chi connectivity index (χ4v) is 3.53. The summed E-state index contributed by atoms with van der Waals surface area (Å²) in [6, 6.07) is 14.9. The SMILES string of the molecule is COc1ccc(-c2cc(-c3cccc4c3OCO4)cc(NCCCOC(C)C)n2)c(O)c1. The van der Waals surface area contributed by atoms with Crippen molar-refractivity contribution in [1.82, 2.24) is 4.98 Å². The molecule has 0 spiro atoms. The normalized spacial score (nSPS) is 12.2. The quantitative estimate of drug-likeness (QED) is 0.452. The minimum absolute atomic E-state index is 0.100. The maximum atomic E-state index is 10.6. The molecular weight excluding hydrogens is 408 g/mol. The zero-order valence-electron chi connectivity index (χ0n) is 18.6. The maximum Gasteiger partial charge on any atom is 0.231 e. The summed E-state index contributed by atoms with van der Waals surface area (Å²) in [5, 5.41) is 14.0. The van der Waals surface area contributed by atoms with E-state index in [9.17, 15) is 5.11 Å². The van der Waals surface area contributed by atoms with E-state index in [2.05, 4.69) is 5.32 Å². The molecule has 0 saturated carbocycles. The first-order chi connectivity index (χ1) is 15.5. The number of phenolic OH excluding ortho intramolecular Hbond substituents is 1. The summed E-state index contributed by atoms with van der Waals surface area (Å²) < 4.78 is 22.1. The second-order valence-corrected chi connectivity index (χ2v) is 7.75. The Hall–Kier alpha value is -3.45. The summed E-state index contributed by atoms with van der Waals surface area (Å²) in [6.45, 7) is 5.63. The molecule has 32 heavy (non-hydrogen) atoms. The van der Waals surface area contributed by atoms with Crippen LogP contribution in [-0.4, -0.2) is 43.2 Å². The summed E-state index contributed by atoms with van der Waals surface area (Å²) in [5.74, 6) is 2.81. The Morgan fingerprint density at radius 1 is 1.09 bits per heavy atom. The van der Waals surface area contributed by atoms with Gasteiger partial charge in [-0.15, -0.1) is 0 Å². The van der Waals surface area contributed by atoms with Crippen LogP contribution in [0.5, 0.6) is 23.0 Å². The third-order valence-corrected chi connectivity index (χ3v) is 5.09. The van der Waals surface area contributed by atoms with Gasteiger partial charge in [-0.2, -0.15) is 0 Å². The molecule has 3 aromatic rings. The number of methoxy groups -OCH3 is 1. The average Bonchev–Trinajstić information content (AvgIpc) is 3.27. The van der Waals surface area contributed by atoms with Gasteiger partial charge in [0.15, 0.2) is 11.5 Å². The topological polar surface area (TPSA) is 82.1 Å². The molecule has 2 aromatic carbocycles. The number of aromatic hydroxyl groups is 1. The first-order valence-electron chi connectivity index (χ1n) is 10.7. The molecule has 1 aromatic heterocycles. The molecule has 0 bridgehead atoms. The number of hydrogen-bond donors (Lipinski definition) is 2. The lowest BCUT2D eigenvalue weighted by Gasteiger charge is -2.14. The highest BCUT2D eigenvalue weighted by Crippen LogP contribution is 2.43. The minimum Gasteiger partial charge on any atom is -0.507 e. The van der Waals surface area contributed by atoms with Gasteiger partial charge in [0.25, 0.3) is 0 Å². The Morgan fingerprint density at radius 2 is 1.97 bits per heavy atom. The van der Waals surface area contributed by atoms with Crippen LogP contribution in [-0.2, 0) is 4.74 Å². The van der Waals surface area contributed by atoms with Crippen molar-refractivity contribution in [3.63, 3.8) is 0 Å². The van der Waals surface area contributed by atoms with Gasteiger partial charge in [0.2, 0.25) is 6.79 Å². The van der Waals surface area contributed by atoms with Crippen LogP contribution in [0, 0.1) is 0 Å². The zero-order chi connectivity index (χ0) is 22.5. The average molecular weight is 437 g/mol. The van der Waals surface area contributed by atoms with Gasteiger partial charge in [-0.1, -0.05) is 12.1 Å². The van der Waals surface area contributed by atoms with Crippen molar-refractivity contribution < 1.29 is 24.1 Å². The van der Waals surface area contributed by atoms with E-state index >= 15 is 0 Å².